The van der Waals surface area contributed by atoms with Gasteiger partial charge in [0, 0.05) is 36.7 Å². The molecule has 2 atom stereocenters. The standard InChI is InChI=1S/C22H23N5O2/c1-14-12-27(22(28)24-18-6-5-15-3-2-4-17(15)11-18)13-19(14)21-25-20(26-29-21)16-7-9-23-10-8-16/h5-11,14,19H,2-4,12-13H2,1H3,(H,24,28). The number of rotatable bonds is 3. The molecule has 0 saturated carbocycles. The molecule has 7 heteroatoms. The first-order chi connectivity index (χ1) is 14.2. The lowest BCUT2D eigenvalue weighted by atomic mass is 9.98. The Morgan fingerprint density at radius 3 is 2.83 bits per heavy atom. The van der Waals surface area contributed by atoms with Gasteiger partial charge >= 0.3 is 6.03 Å². The number of carbonyl (C=O) groups excluding carboxylic acids is 1. The summed E-state index contributed by atoms with van der Waals surface area (Å²) in [4.78, 5) is 23.2. The van der Waals surface area contributed by atoms with E-state index in [0.29, 0.717) is 24.8 Å². The second kappa shape index (κ2) is 7.31. The van der Waals surface area contributed by atoms with E-state index in [9.17, 15) is 4.79 Å². The van der Waals surface area contributed by atoms with Crippen LogP contribution in [0.2, 0.25) is 0 Å². The van der Waals surface area contributed by atoms with Crippen molar-refractivity contribution in [3.8, 4) is 11.4 Å². The molecule has 3 aromatic rings. The van der Waals surface area contributed by atoms with Crippen LogP contribution in [0.5, 0.6) is 0 Å². The van der Waals surface area contributed by atoms with Gasteiger partial charge in [-0.1, -0.05) is 18.1 Å². The van der Waals surface area contributed by atoms with Gasteiger partial charge in [0.25, 0.3) is 0 Å². The summed E-state index contributed by atoms with van der Waals surface area (Å²) in [6.45, 7) is 3.34. The van der Waals surface area contributed by atoms with Crippen molar-refractivity contribution in [1.82, 2.24) is 20.0 Å². The summed E-state index contributed by atoms with van der Waals surface area (Å²) in [5.74, 6) is 1.41. The number of amides is 2. The van der Waals surface area contributed by atoms with Crippen molar-refractivity contribution in [3.63, 3.8) is 0 Å². The lowest BCUT2D eigenvalue weighted by Crippen LogP contribution is -2.33. The molecule has 0 spiro atoms. The van der Waals surface area contributed by atoms with Crippen molar-refractivity contribution < 1.29 is 9.32 Å². The topological polar surface area (TPSA) is 84.2 Å². The zero-order chi connectivity index (χ0) is 19.8. The first-order valence-electron chi connectivity index (χ1n) is 10.1. The molecule has 1 fully saturated rings. The van der Waals surface area contributed by atoms with Crippen molar-refractivity contribution >= 4 is 11.7 Å². The highest BCUT2D eigenvalue weighted by atomic mass is 16.5. The van der Waals surface area contributed by atoms with Gasteiger partial charge in [0.15, 0.2) is 0 Å². The number of pyridine rings is 1. The number of benzene rings is 1. The smallest absolute Gasteiger partial charge is 0.321 e. The molecule has 29 heavy (non-hydrogen) atoms. The Bertz CT molecular complexity index is 1030. The zero-order valence-electron chi connectivity index (χ0n) is 16.3. The molecular formula is C22H23N5O2. The van der Waals surface area contributed by atoms with Gasteiger partial charge in [-0.05, 0) is 60.6 Å². The maximum Gasteiger partial charge on any atom is 0.321 e. The Balaban J connectivity index is 1.27. The van der Waals surface area contributed by atoms with E-state index in [1.165, 1.54) is 17.5 Å². The van der Waals surface area contributed by atoms with Crippen LogP contribution in [-0.4, -0.2) is 39.1 Å². The third-order valence-corrected chi connectivity index (χ3v) is 5.95. The fraction of sp³-hybridized carbons (Fsp3) is 0.364. The zero-order valence-corrected chi connectivity index (χ0v) is 16.3. The molecule has 2 aliphatic rings. The third kappa shape index (κ3) is 3.48. The quantitative estimate of drug-likeness (QED) is 0.735. The predicted octanol–water partition coefficient (Wildman–Crippen LogP) is 3.89. The molecule has 1 aliphatic carbocycles. The maximum absolute atomic E-state index is 12.8. The molecule has 3 heterocycles. The Hall–Kier alpha value is -3.22. The Kier molecular flexibility index (Phi) is 4.50. The number of fused-ring (bicyclic) bond motifs is 1. The van der Waals surface area contributed by atoms with Crippen molar-refractivity contribution in [2.45, 2.75) is 32.1 Å². The van der Waals surface area contributed by atoms with E-state index in [1.807, 2.05) is 23.1 Å². The van der Waals surface area contributed by atoms with E-state index in [1.54, 1.807) is 12.4 Å². The van der Waals surface area contributed by atoms with Crippen LogP contribution in [0.15, 0.2) is 47.2 Å². The summed E-state index contributed by atoms with van der Waals surface area (Å²) in [6.07, 6.45) is 6.84. The fourth-order valence-electron chi connectivity index (χ4n) is 4.31. The van der Waals surface area contributed by atoms with Crippen LogP contribution in [0.4, 0.5) is 10.5 Å². The molecule has 1 aliphatic heterocycles. The molecule has 0 bridgehead atoms. The van der Waals surface area contributed by atoms with Gasteiger partial charge in [-0.2, -0.15) is 4.98 Å². The molecule has 1 saturated heterocycles. The van der Waals surface area contributed by atoms with Gasteiger partial charge < -0.3 is 14.7 Å². The van der Waals surface area contributed by atoms with E-state index in [-0.39, 0.29) is 17.9 Å². The van der Waals surface area contributed by atoms with E-state index in [2.05, 4.69) is 39.5 Å². The van der Waals surface area contributed by atoms with E-state index >= 15 is 0 Å². The lowest BCUT2D eigenvalue weighted by Gasteiger charge is -2.17. The van der Waals surface area contributed by atoms with Gasteiger partial charge in [-0.3, -0.25) is 4.98 Å². The molecular weight excluding hydrogens is 366 g/mol. The normalized spacial score (nSPS) is 20.7. The molecule has 2 aromatic heterocycles. The second-order valence-corrected chi connectivity index (χ2v) is 7.95. The van der Waals surface area contributed by atoms with Crippen LogP contribution in [0.25, 0.3) is 11.4 Å². The number of aryl methyl sites for hydroxylation is 2. The summed E-state index contributed by atoms with van der Waals surface area (Å²) in [7, 11) is 0. The second-order valence-electron chi connectivity index (χ2n) is 7.95. The highest BCUT2D eigenvalue weighted by molar-refractivity contribution is 5.89. The van der Waals surface area contributed by atoms with Gasteiger partial charge in [-0.25, -0.2) is 4.79 Å². The molecule has 1 aromatic carbocycles. The first kappa shape index (κ1) is 17.8. The van der Waals surface area contributed by atoms with Gasteiger partial charge in [-0.15, -0.1) is 0 Å². The molecule has 148 valence electrons. The highest BCUT2D eigenvalue weighted by Gasteiger charge is 2.37. The van der Waals surface area contributed by atoms with Crippen molar-refractivity contribution in [2.24, 2.45) is 5.92 Å². The number of aromatic nitrogens is 3. The first-order valence-corrected chi connectivity index (χ1v) is 10.1. The number of carbonyl (C=O) groups is 1. The van der Waals surface area contributed by atoms with Crippen LogP contribution in [0.1, 0.15) is 36.3 Å². The van der Waals surface area contributed by atoms with Crippen LogP contribution in [-0.2, 0) is 12.8 Å². The number of hydrogen-bond acceptors (Lipinski definition) is 5. The predicted molar refractivity (Wildman–Crippen MR) is 108 cm³/mol. The van der Waals surface area contributed by atoms with Gasteiger partial charge in [0.1, 0.15) is 0 Å². The van der Waals surface area contributed by atoms with E-state index in [0.717, 1.165) is 24.1 Å². The summed E-state index contributed by atoms with van der Waals surface area (Å²) >= 11 is 0. The average molecular weight is 389 g/mol. The fourth-order valence-corrected chi connectivity index (χ4v) is 4.31. The van der Waals surface area contributed by atoms with E-state index in [4.69, 9.17) is 4.52 Å². The van der Waals surface area contributed by atoms with Crippen molar-refractivity contribution in [3.05, 3.63) is 59.7 Å². The Morgan fingerprint density at radius 1 is 1.14 bits per heavy atom. The maximum atomic E-state index is 12.8. The summed E-state index contributed by atoms with van der Waals surface area (Å²) in [6, 6.07) is 9.86. The highest BCUT2D eigenvalue weighted by Crippen LogP contribution is 2.33. The molecule has 2 unspecified atom stereocenters. The number of anilines is 1. The lowest BCUT2D eigenvalue weighted by molar-refractivity contribution is 0.220. The minimum absolute atomic E-state index is 0.0313. The number of urea groups is 1. The number of hydrogen-bond donors (Lipinski definition) is 1. The van der Waals surface area contributed by atoms with Crippen LogP contribution in [0.3, 0.4) is 0 Å². The summed E-state index contributed by atoms with van der Waals surface area (Å²) in [5, 5.41) is 7.15. The monoisotopic (exact) mass is 389 g/mol. The number of nitrogens with one attached hydrogen (secondary N) is 1. The molecule has 0 radical (unpaired) electrons. The number of nitrogens with zero attached hydrogens (tertiary/aromatic N) is 4. The number of likely N-dealkylation sites (tertiary alicyclic amines) is 1. The van der Waals surface area contributed by atoms with Crippen LogP contribution >= 0.6 is 0 Å². The summed E-state index contributed by atoms with van der Waals surface area (Å²) < 4.78 is 5.53. The molecule has 5 rings (SSSR count). The Morgan fingerprint density at radius 2 is 1.97 bits per heavy atom. The molecule has 1 N–H and O–H groups in total. The average Bonchev–Trinajstić information content (AvgIpc) is 3.47. The van der Waals surface area contributed by atoms with Crippen molar-refractivity contribution in [2.75, 3.05) is 18.4 Å². The van der Waals surface area contributed by atoms with Gasteiger partial charge in [0.2, 0.25) is 11.7 Å². The third-order valence-electron chi connectivity index (χ3n) is 5.95. The van der Waals surface area contributed by atoms with Crippen molar-refractivity contribution in [1.29, 1.82) is 0 Å². The van der Waals surface area contributed by atoms with Crippen LogP contribution < -0.4 is 5.32 Å². The molecule has 2 amide bonds. The van der Waals surface area contributed by atoms with Gasteiger partial charge in [0.05, 0.1) is 5.92 Å². The summed E-state index contributed by atoms with van der Waals surface area (Å²) in [5.41, 5.74) is 4.49. The molecule has 7 nitrogen and oxygen atoms in total. The Labute approximate surface area is 169 Å². The SMILES string of the molecule is CC1CN(C(=O)Nc2ccc3c(c2)CCC3)CC1c1nc(-c2ccncc2)no1. The minimum atomic E-state index is -0.0776. The van der Waals surface area contributed by atoms with E-state index < -0.39 is 0 Å². The largest absolute Gasteiger partial charge is 0.339 e. The van der Waals surface area contributed by atoms with Crippen LogP contribution in [0, 0.1) is 5.92 Å². The minimum Gasteiger partial charge on any atom is -0.339 e.